The molecule has 0 radical (unpaired) electrons. The monoisotopic (exact) mass is 648 g/mol. The minimum Gasteiger partial charge on any atom is -0.310 e. The topological polar surface area (TPSA) is 109 Å². The Morgan fingerprint density at radius 2 is 1.02 bits per heavy atom. The summed E-state index contributed by atoms with van der Waals surface area (Å²) in [5.41, 5.74) is 4.68. The lowest BCUT2D eigenvalue weighted by molar-refractivity contribution is -0.138. The third kappa shape index (κ3) is 4.88. The van der Waals surface area contributed by atoms with E-state index in [2.05, 4.69) is 5.32 Å². The number of rotatable bonds is 4. The maximum absolute atomic E-state index is 13.2. The third-order valence-corrected chi connectivity index (χ3v) is 8.69. The molecule has 2 aliphatic carbocycles. The van der Waals surface area contributed by atoms with E-state index in [1.54, 1.807) is 36.4 Å². The second-order valence-electron chi connectivity index (χ2n) is 11.3. The van der Waals surface area contributed by atoms with Crippen molar-refractivity contribution >= 4 is 0 Å². The lowest BCUT2D eigenvalue weighted by Gasteiger charge is -2.15. The summed E-state index contributed by atoms with van der Waals surface area (Å²) in [6.07, 6.45) is -7.02. The molecule has 0 spiro atoms. The zero-order valence-electron chi connectivity index (χ0n) is 24.3. The summed E-state index contributed by atoms with van der Waals surface area (Å²) in [6, 6.07) is 23.1. The van der Waals surface area contributed by atoms with Gasteiger partial charge in [0.05, 0.1) is 52.0 Å². The average Bonchev–Trinajstić information content (AvgIpc) is 3.55. The van der Waals surface area contributed by atoms with Crippen LogP contribution < -0.4 is 5.32 Å². The third-order valence-electron chi connectivity index (χ3n) is 8.69. The van der Waals surface area contributed by atoms with E-state index in [-0.39, 0.29) is 0 Å². The summed E-state index contributed by atoms with van der Waals surface area (Å²) < 4.78 is 78.8. The molecule has 1 aromatic heterocycles. The first kappa shape index (κ1) is 30.5. The fourth-order valence-corrected chi connectivity index (χ4v) is 6.41. The van der Waals surface area contributed by atoms with Gasteiger partial charge in [0.25, 0.3) is 0 Å². The molecule has 0 amide bonds. The van der Waals surface area contributed by atoms with Crippen molar-refractivity contribution in [2.75, 3.05) is 0 Å². The fraction of sp³-hybridized carbons (Fsp3) is 0.139. The Morgan fingerprint density at radius 3 is 1.50 bits per heavy atom. The molecule has 234 valence electrons. The maximum Gasteiger partial charge on any atom is 0.416 e. The zero-order valence-corrected chi connectivity index (χ0v) is 24.3. The second kappa shape index (κ2) is 11.0. The molecule has 48 heavy (non-hydrogen) atoms. The number of hydrogen-bond acceptors (Lipinski definition) is 6. The first-order valence-electron chi connectivity index (χ1n) is 14.4. The van der Waals surface area contributed by atoms with Gasteiger partial charge in [0, 0.05) is 11.1 Å². The van der Waals surface area contributed by atoms with E-state index in [4.69, 9.17) is 9.97 Å². The first-order chi connectivity index (χ1) is 22.9. The molecule has 7 rings (SSSR count). The number of aromatic nitrogens is 2. The highest BCUT2D eigenvalue weighted by Crippen LogP contribution is 2.51. The van der Waals surface area contributed by atoms with Gasteiger partial charge in [-0.3, -0.25) is 0 Å². The van der Waals surface area contributed by atoms with Crippen molar-refractivity contribution in [3.05, 3.63) is 119 Å². The van der Waals surface area contributed by atoms with Crippen LogP contribution in [0.25, 0.3) is 44.8 Å². The van der Waals surface area contributed by atoms with E-state index in [1.165, 1.54) is 24.3 Å². The van der Waals surface area contributed by atoms with E-state index in [0.29, 0.717) is 67.3 Å². The molecule has 1 heterocycles. The summed E-state index contributed by atoms with van der Waals surface area (Å²) in [6.45, 7) is 0. The molecule has 4 aromatic carbocycles. The smallest absolute Gasteiger partial charge is 0.310 e. The van der Waals surface area contributed by atoms with E-state index in [1.807, 2.05) is 18.3 Å². The molecule has 12 heteroatoms. The van der Waals surface area contributed by atoms with Gasteiger partial charge in [-0.2, -0.15) is 42.1 Å². The van der Waals surface area contributed by atoms with Crippen molar-refractivity contribution in [1.29, 1.82) is 15.8 Å². The highest BCUT2D eigenvalue weighted by molar-refractivity contribution is 5.84. The van der Waals surface area contributed by atoms with Crippen molar-refractivity contribution in [2.24, 2.45) is 5.92 Å². The van der Waals surface area contributed by atoms with Gasteiger partial charge in [0.2, 0.25) is 0 Å². The van der Waals surface area contributed by atoms with Crippen LogP contribution >= 0.6 is 0 Å². The van der Waals surface area contributed by atoms with Crippen molar-refractivity contribution in [1.82, 2.24) is 15.3 Å². The van der Waals surface area contributed by atoms with Crippen LogP contribution in [0.3, 0.4) is 0 Å². The summed E-state index contributed by atoms with van der Waals surface area (Å²) in [4.78, 5) is 9.87. The van der Waals surface area contributed by atoms with E-state index >= 15 is 0 Å². The highest BCUT2D eigenvalue weighted by atomic mass is 19.4. The van der Waals surface area contributed by atoms with Crippen LogP contribution in [0.1, 0.15) is 45.6 Å². The van der Waals surface area contributed by atoms with Gasteiger partial charge in [-0.05, 0) is 69.8 Å². The van der Waals surface area contributed by atoms with Crippen molar-refractivity contribution in [3.63, 3.8) is 0 Å². The van der Waals surface area contributed by atoms with Crippen LogP contribution in [0.5, 0.6) is 0 Å². The Balaban J connectivity index is 1.33. The Bertz CT molecular complexity index is 2220. The number of alkyl halides is 6. The van der Waals surface area contributed by atoms with Crippen molar-refractivity contribution in [2.45, 2.75) is 24.3 Å². The predicted molar refractivity (Wildman–Crippen MR) is 161 cm³/mol. The van der Waals surface area contributed by atoms with Crippen LogP contribution in [0, 0.1) is 40.0 Å². The van der Waals surface area contributed by atoms with Crippen LogP contribution in [0.4, 0.5) is 26.3 Å². The van der Waals surface area contributed by atoms with E-state index in [0.717, 1.165) is 24.3 Å². The van der Waals surface area contributed by atoms with Crippen LogP contribution in [0.15, 0.2) is 84.9 Å². The zero-order chi connectivity index (χ0) is 34.0. The molecule has 1 N–H and O–H groups in total. The Morgan fingerprint density at radius 1 is 0.583 bits per heavy atom. The van der Waals surface area contributed by atoms with Crippen LogP contribution in [-0.4, -0.2) is 9.97 Å². The van der Waals surface area contributed by atoms with Gasteiger partial charge in [0.1, 0.15) is 12.0 Å². The molecule has 0 saturated carbocycles. The Kier molecular flexibility index (Phi) is 6.96. The summed E-state index contributed by atoms with van der Waals surface area (Å²) in [5, 5.41) is 32.3. The Hall–Kier alpha value is -6.19. The number of hydrogen-bond donors (Lipinski definition) is 1. The molecule has 0 bridgehead atoms. The number of benzene rings is 4. The number of nitrogens with one attached hydrogen (secondary N) is 1. The predicted octanol–water partition coefficient (Wildman–Crippen LogP) is 8.76. The first-order valence-corrected chi connectivity index (χ1v) is 14.4. The van der Waals surface area contributed by atoms with Crippen LogP contribution in [0.2, 0.25) is 0 Å². The van der Waals surface area contributed by atoms with Gasteiger partial charge < -0.3 is 5.32 Å². The largest absolute Gasteiger partial charge is 0.416 e. The highest BCUT2D eigenvalue weighted by Gasteiger charge is 2.42. The summed E-state index contributed by atoms with van der Waals surface area (Å²) in [5.74, 6) is -1.99. The summed E-state index contributed by atoms with van der Waals surface area (Å²) >= 11 is 0. The molecule has 2 aliphatic rings. The lowest BCUT2D eigenvalue weighted by atomic mass is 9.86. The summed E-state index contributed by atoms with van der Waals surface area (Å²) in [7, 11) is 0. The van der Waals surface area contributed by atoms with Gasteiger partial charge in [0.15, 0.2) is 6.19 Å². The normalized spacial score (nSPS) is 15.8. The molecule has 2 atom stereocenters. The number of nitrogens with zero attached hydrogens (tertiary/aromatic N) is 5. The minimum atomic E-state index is -4.49. The number of halogens is 6. The second-order valence-corrected chi connectivity index (χ2v) is 11.3. The van der Waals surface area contributed by atoms with Crippen molar-refractivity contribution < 1.29 is 26.3 Å². The average molecular weight is 649 g/mol. The van der Waals surface area contributed by atoms with Crippen molar-refractivity contribution in [3.8, 4) is 63.1 Å². The van der Waals surface area contributed by atoms with Gasteiger partial charge in [-0.15, -0.1) is 0 Å². The molecule has 0 aliphatic heterocycles. The molecule has 6 nitrogen and oxygen atoms in total. The van der Waals surface area contributed by atoms with Gasteiger partial charge >= 0.3 is 12.4 Å². The van der Waals surface area contributed by atoms with Crippen LogP contribution in [-0.2, 0) is 12.4 Å². The standard InChI is InChI=1S/C36H18F6N6/c37-35(38,39)23-7-1-18(2-8-23)20-5-11-25-27(13-20)29(22(15-43)16-44)33-31(25)48-34-30(46-17-45)28-14-21(6-12-26(28)32(34)47-33)19-3-9-24(10-4-19)36(40,41)42/h1-14,22,29-30,46H. The van der Waals surface area contributed by atoms with Gasteiger partial charge in [-0.1, -0.05) is 48.5 Å². The molecular formula is C36H18F6N6. The maximum atomic E-state index is 13.2. The molecule has 0 fully saturated rings. The SMILES string of the molecule is N#CNC1c2cc(-c3ccc(C(F)(F)F)cc3)ccc2-c2nc3c(nc21)-c1ccc(-c2ccc(C(F)(F)F)cc2)cc1C3C(C#N)C#N. The quantitative estimate of drug-likeness (QED) is 0.119. The number of nitriles is 3. The molecule has 5 aromatic rings. The molecule has 2 unspecified atom stereocenters. The lowest BCUT2D eigenvalue weighted by Crippen LogP contribution is -2.17. The van der Waals surface area contributed by atoms with Gasteiger partial charge in [-0.25, -0.2) is 9.97 Å². The van der Waals surface area contributed by atoms with E-state index in [9.17, 15) is 42.1 Å². The molecule has 0 saturated heterocycles. The minimum absolute atomic E-state index is 0.372. The molecular weight excluding hydrogens is 630 g/mol. The Labute approximate surface area is 269 Å². The number of fused-ring (bicyclic) bond motifs is 6. The fourth-order valence-electron chi connectivity index (χ4n) is 6.41. The van der Waals surface area contributed by atoms with E-state index < -0.39 is 41.4 Å².